The first-order valence-corrected chi connectivity index (χ1v) is 43.4. The van der Waals surface area contributed by atoms with Gasteiger partial charge in [-0.3, -0.25) is 0 Å². The summed E-state index contributed by atoms with van der Waals surface area (Å²) in [6, 6.07) is 150. The number of benzene rings is 25. The SMILES string of the molecule is Cc1cc(-c2ccccc2)cc(-c2ccc3ccc4cccc5ccc2c3c45)c1.Cc1ccc(-c2ccc3ccc4c(-c5cccc6ccccc56)ccc5ccc2c3c54)c(C)c1.Cc1ccc2ccc3c(-c4ccc5c(c4)sc4ccccc45)ccc4ccc1c2c43.Cc1cccc(-c2cccc(-c3ccc4ccc5cccc6ccc3c4c56)c2)c1. The van der Waals surface area contributed by atoms with Crippen LogP contribution in [0, 0.1) is 34.6 Å². The Bertz CT molecular complexity index is 8590. The highest BCUT2D eigenvalue weighted by molar-refractivity contribution is 7.25. The van der Waals surface area contributed by atoms with E-state index in [2.05, 4.69) is 441 Å². The van der Waals surface area contributed by atoms with E-state index < -0.39 is 0 Å². The van der Waals surface area contributed by atoms with E-state index in [9.17, 15) is 0 Å². The van der Waals surface area contributed by atoms with Crippen molar-refractivity contribution >= 4 is 172 Å². The molecule has 26 aromatic rings. The Morgan fingerprint density at radius 3 is 1.07 bits per heavy atom. The fourth-order valence-corrected chi connectivity index (χ4v) is 21.5. The molecular weight excluding hydrogens is 1490 g/mol. The molecular formula is C121H82S. The van der Waals surface area contributed by atoms with Gasteiger partial charge in [0.25, 0.3) is 0 Å². The van der Waals surface area contributed by atoms with Crippen molar-refractivity contribution in [2.45, 2.75) is 34.6 Å². The van der Waals surface area contributed by atoms with Crippen LogP contribution in [0.25, 0.3) is 238 Å². The van der Waals surface area contributed by atoms with Crippen molar-refractivity contribution in [3.05, 3.63) is 434 Å². The van der Waals surface area contributed by atoms with Gasteiger partial charge in [0, 0.05) is 20.2 Å². The van der Waals surface area contributed by atoms with E-state index >= 15 is 0 Å². The highest BCUT2D eigenvalue weighted by Crippen LogP contribution is 2.49. The minimum absolute atomic E-state index is 1.26. The van der Waals surface area contributed by atoms with Gasteiger partial charge in [0.2, 0.25) is 0 Å². The van der Waals surface area contributed by atoms with E-state index in [1.54, 1.807) is 0 Å². The van der Waals surface area contributed by atoms with Crippen molar-refractivity contribution in [1.29, 1.82) is 0 Å². The summed E-state index contributed by atoms with van der Waals surface area (Å²) in [5.41, 5.74) is 24.6. The molecule has 0 spiro atoms. The maximum atomic E-state index is 2.37. The summed E-state index contributed by atoms with van der Waals surface area (Å²) in [4.78, 5) is 0. The molecule has 0 aliphatic carbocycles. The van der Waals surface area contributed by atoms with Crippen molar-refractivity contribution < 1.29 is 0 Å². The average molecular weight is 1570 g/mol. The second-order valence-electron chi connectivity index (χ2n) is 33.6. The largest absolute Gasteiger partial charge is 0.135 e. The molecule has 1 heterocycles. The molecule has 0 nitrogen and oxygen atoms in total. The van der Waals surface area contributed by atoms with Crippen molar-refractivity contribution in [2.24, 2.45) is 0 Å². The number of rotatable bonds is 7. The normalized spacial score (nSPS) is 11.8. The van der Waals surface area contributed by atoms with E-state index in [0.29, 0.717) is 0 Å². The van der Waals surface area contributed by atoms with Crippen LogP contribution in [-0.4, -0.2) is 0 Å². The summed E-state index contributed by atoms with van der Waals surface area (Å²) in [6.45, 7) is 10.9. The first kappa shape index (κ1) is 72.4. The molecule has 0 atom stereocenters. The van der Waals surface area contributed by atoms with Crippen LogP contribution in [-0.2, 0) is 0 Å². The minimum atomic E-state index is 1.26. The molecule has 122 heavy (non-hydrogen) atoms. The maximum Gasteiger partial charge on any atom is 0.0361 e. The van der Waals surface area contributed by atoms with Crippen molar-refractivity contribution in [2.75, 3.05) is 0 Å². The van der Waals surface area contributed by atoms with Gasteiger partial charge in [0.05, 0.1) is 0 Å². The molecule has 26 rings (SSSR count). The minimum Gasteiger partial charge on any atom is -0.135 e. The van der Waals surface area contributed by atoms with Crippen LogP contribution in [0.1, 0.15) is 27.8 Å². The van der Waals surface area contributed by atoms with Crippen LogP contribution in [0.15, 0.2) is 406 Å². The van der Waals surface area contributed by atoms with Gasteiger partial charge >= 0.3 is 0 Å². The van der Waals surface area contributed by atoms with Crippen molar-refractivity contribution in [3.63, 3.8) is 0 Å². The quantitative estimate of drug-likeness (QED) is 0.140. The molecule has 572 valence electrons. The molecule has 0 aliphatic rings. The summed E-state index contributed by atoms with van der Waals surface area (Å²) < 4.78 is 2.71. The summed E-state index contributed by atoms with van der Waals surface area (Å²) in [5.74, 6) is 0. The van der Waals surface area contributed by atoms with E-state index in [4.69, 9.17) is 0 Å². The van der Waals surface area contributed by atoms with Gasteiger partial charge in [0.1, 0.15) is 0 Å². The molecule has 1 aromatic heterocycles. The predicted molar refractivity (Wildman–Crippen MR) is 533 cm³/mol. The first-order valence-electron chi connectivity index (χ1n) is 42.6. The fraction of sp³-hybridized carbons (Fsp3) is 0.0413. The second kappa shape index (κ2) is 29.3. The van der Waals surface area contributed by atoms with Gasteiger partial charge in [-0.25, -0.2) is 0 Å². The van der Waals surface area contributed by atoms with Gasteiger partial charge < -0.3 is 0 Å². The van der Waals surface area contributed by atoms with Gasteiger partial charge in [-0.05, 0) is 294 Å². The summed E-state index contributed by atoms with van der Waals surface area (Å²) in [7, 11) is 0. The molecule has 0 unspecified atom stereocenters. The number of hydrogen-bond donors (Lipinski definition) is 0. The third-order valence-electron chi connectivity index (χ3n) is 26.1. The maximum absolute atomic E-state index is 2.37. The number of hydrogen-bond acceptors (Lipinski definition) is 1. The second-order valence-corrected chi connectivity index (χ2v) is 34.6. The third kappa shape index (κ3) is 12.2. The summed E-state index contributed by atoms with van der Waals surface area (Å²) in [6.07, 6.45) is 0. The first-order chi connectivity index (χ1) is 60.0. The van der Waals surface area contributed by atoms with E-state index in [1.165, 1.54) is 266 Å². The van der Waals surface area contributed by atoms with Crippen LogP contribution in [0.5, 0.6) is 0 Å². The molecule has 0 fully saturated rings. The van der Waals surface area contributed by atoms with Crippen LogP contribution in [0.3, 0.4) is 0 Å². The molecule has 0 saturated heterocycles. The zero-order chi connectivity index (χ0) is 81.4. The van der Waals surface area contributed by atoms with Crippen LogP contribution in [0.4, 0.5) is 0 Å². The van der Waals surface area contributed by atoms with Crippen LogP contribution in [0.2, 0.25) is 0 Å². The smallest absolute Gasteiger partial charge is 0.0361 e. The predicted octanol–water partition coefficient (Wildman–Crippen LogP) is 35.1. The highest BCUT2D eigenvalue weighted by Gasteiger charge is 2.21. The van der Waals surface area contributed by atoms with E-state index in [-0.39, 0.29) is 0 Å². The molecule has 0 amide bonds. The molecule has 1 heteroatoms. The van der Waals surface area contributed by atoms with Gasteiger partial charge in [-0.1, -0.05) is 393 Å². The lowest BCUT2D eigenvalue weighted by atomic mass is 9.86. The zero-order valence-corrected chi connectivity index (χ0v) is 69.4. The number of aryl methyl sites for hydroxylation is 5. The molecule has 0 saturated carbocycles. The fourth-order valence-electron chi connectivity index (χ4n) is 20.3. The molecule has 25 aromatic carbocycles. The van der Waals surface area contributed by atoms with E-state index in [0.717, 1.165) is 0 Å². The Balaban J connectivity index is 0.0000000946. The Kier molecular flexibility index (Phi) is 17.4. The standard InChI is InChI=1S/C34H24.C29H18S.2C29H20/c1-21-10-15-26(22(2)20-21)29-16-11-24-14-19-32-30(17-12-25-13-18-31(29)33(24)34(25)32)28-9-5-7-23-6-3-4-8-27(23)28;1-17-6-7-18-10-15-25-22(13-9-19-8-12-21(17)28(18)29(19)25)20-11-14-24-23-4-2-3-5-26(23)30-27(24)16-20;1-19-5-2-8-23(17-19)24-9-4-10-25(18-24)26-15-13-22-12-11-20-6-3-7-21-14-16-27(26)29(22)28(20)21;1-19-16-24(20-6-3-2-4-7-20)18-25(17-19)26-14-12-23-11-10-21-8-5-9-22-13-15-27(26)29(23)28(21)22/h3-20H,1-2H3;2-16H,1H3;2*2-18H,1H3. The Hall–Kier alpha value is -14.9. The summed E-state index contributed by atoms with van der Waals surface area (Å²) >= 11 is 1.89. The highest BCUT2D eigenvalue weighted by atomic mass is 32.1. The monoisotopic (exact) mass is 1570 g/mol. The Labute approximate surface area is 713 Å². The van der Waals surface area contributed by atoms with Gasteiger partial charge in [0.15, 0.2) is 0 Å². The van der Waals surface area contributed by atoms with Crippen molar-refractivity contribution in [3.8, 4) is 77.9 Å². The molecule has 0 bridgehead atoms. The molecule has 0 aliphatic heterocycles. The lowest BCUT2D eigenvalue weighted by Gasteiger charge is -2.18. The average Bonchev–Trinajstić information content (AvgIpc) is 0.770. The number of thiophene rings is 1. The zero-order valence-electron chi connectivity index (χ0n) is 68.6. The Morgan fingerprint density at radius 1 is 0.139 bits per heavy atom. The van der Waals surface area contributed by atoms with Crippen LogP contribution >= 0.6 is 11.3 Å². The third-order valence-corrected chi connectivity index (χ3v) is 27.2. The molecule has 0 radical (unpaired) electrons. The van der Waals surface area contributed by atoms with Gasteiger partial charge in [-0.2, -0.15) is 0 Å². The lowest BCUT2D eigenvalue weighted by Crippen LogP contribution is -1.91. The topological polar surface area (TPSA) is 0 Å². The van der Waals surface area contributed by atoms with Gasteiger partial charge in [-0.15, -0.1) is 11.3 Å². The lowest BCUT2D eigenvalue weighted by molar-refractivity contribution is 1.39. The summed E-state index contributed by atoms with van der Waals surface area (Å²) in [5, 5.41) is 37.5. The van der Waals surface area contributed by atoms with Crippen LogP contribution < -0.4 is 0 Å². The Morgan fingerprint density at radius 2 is 0.484 bits per heavy atom. The van der Waals surface area contributed by atoms with E-state index in [1.807, 2.05) is 11.3 Å². The number of fused-ring (bicyclic) bond motifs is 4. The van der Waals surface area contributed by atoms with Crippen molar-refractivity contribution in [1.82, 2.24) is 0 Å². The molecule has 0 N–H and O–H groups in total.